The highest BCUT2D eigenvalue weighted by molar-refractivity contribution is 5.84. The van der Waals surface area contributed by atoms with Crippen molar-refractivity contribution in [1.82, 2.24) is 15.2 Å². The van der Waals surface area contributed by atoms with Crippen molar-refractivity contribution in [2.45, 2.75) is 75.4 Å². The maximum absolute atomic E-state index is 13.5. The number of amides is 1. The Morgan fingerprint density at radius 2 is 1.96 bits per heavy atom. The average molecular weight is 329 g/mol. The molecule has 1 aromatic rings. The van der Waals surface area contributed by atoms with Gasteiger partial charge in [-0.1, -0.05) is 19.3 Å². The third kappa shape index (κ3) is 2.10. The van der Waals surface area contributed by atoms with E-state index in [1.54, 1.807) is 0 Å². The quantitative estimate of drug-likeness (QED) is 0.906. The lowest BCUT2D eigenvalue weighted by molar-refractivity contribution is -0.140. The van der Waals surface area contributed by atoms with E-state index in [4.69, 9.17) is 4.42 Å². The molecule has 0 aromatic carbocycles. The van der Waals surface area contributed by atoms with Crippen molar-refractivity contribution in [3.8, 4) is 0 Å². The van der Waals surface area contributed by atoms with Gasteiger partial charge < -0.3 is 14.6 Å². The Kier molecular flexibility index (Phi) is 3.47. The molecule has 3 fully saturated rings. The molecular formula is C19H27N3O2. The fraction of sp³-hybridized carbons (Fsp3) is 0.789. The predicted molar refractivity (Wildman–Crippen MR) is 89.4 cm³/mol. The maximum Gasteiger partial charge on any atom is 0.248 e. The molecule has 3 saturated carbocycles. The van der Waals surface area contributed by atoms with Crippen LogP contribution in [0.2, 0.25) is 0 Å². The number of rotatable bonds is 2. The Morgan fingerprint density at radius 1 is 1.17 bits per heavy atom. The highest BCUT2D eigenvalue weighted by Crippen LogP contribution is 2.49. The normalized spacial score (nSPS) is 41.2. The Bertz CT molecular complexity index is 630. The van der Waals surface area contributed by atoms with Gasteiger partial charge in [0.25, 0.3) is 0 Å². The minimum atomic E-state index is -0.368. The number of likely N-dealkylation sites (N-methyl/N-ethyl adjacent to an activating group) is 1. The van der Waals surface area contributed by atoms with E-state index in [1.165, 1.54) is 44.9 Å². The van der Waals surface area contributed by atoms with Crippen molar-refractivity contribution < 1.29 is 9.21 Å². The summed E-state index contributed by atoms with van der Waals surface area (Å²) in [6.07, 6.45) is 11.5. The highest BCUT2D eigenvalue weighted by atomic mass is 16.3. The van der Waals surface area contributed by atoms with Gasteiger partial charge in [-0.3, -0.25) is 4.79 Å². The summed E-state index contributed by atoms with van der Waals surface area (Å²) in [5.74, 6) is 3.02. The third-order valence-corrected chi connectivity index (χ3v) is 7.12. The predicted octanol–water partition coefficient (Wildman–Crippen LogP) is 2.99. The number of nitrogens with zero attached hydrogens (tertiary/aromatic N) is 2. The zero-order valence-electron chi connectivity index (χ0n) is 14.4. The second kappa shape index (κ2) is 5.58. The molecule has 1 amide bonds. The van der Waals surface area contributed by atoms with Crippen LogP contribution in [0, 0.1) is 11.8 Å². The van der Waals surface area contributed by atoms with E-state index >= 15 is 0 Å². The number of aromatic nitrogens is 1. The summed E-state index contributed by atoms with van der Waals surface area (Å²) in [5.41, 5.74) is 1.03. The highest BCUT2D eigenvalue weighted by Gasteiger charge is 2.49. The summed E-state index contributed by atoms with van der Waals surface area (Å²) in [7, 11) is 1.86. The molecule has 5 atom stereocenters. The lowest BCUT2D eigenvalue weighted by atomic mass is 9.83. The molecule has 5 unspecified atom stereocenters. The van der Waals surface area contributed by atoms with Crippen molar-refractivity contribution in [3.05, 3.63) is 17.8 Å². The molecule has 1 N–H and O–H groups in total. The van der Waals surface area contributed by atoms with E-state index in [0.29, 0.717) is 18.0 Å². The molecule has 2 bridgehead atoms. The van der Waals surface area contributed by atoms with E-state index in [9.17, 15) is 4.79 Å². The molecule has 0 spiro atoms. The number of carbonyl (C=O) groups excluding carboxylic acids is 1. The van der Waals surface area contributed by atoms with Crippen LogP contribution in [0.5, 0.6) is 0 Å². The van der Waals surface area contributed by atoms with Crippen molar-refractivity contribution in [2.24, 2.45) is 11.8 Å². The van der Waals surface area contributed by atoms with E-state index < -0.39 is 0 Å². The fourth-order valence-corrected chi connectivity index (χ4v) is 6.18. The summed E-state index contributed by atoms with van der Waals surface area (Å²) < 4.78 is 5.69. The average Bonchev–Trinajstić information content (AvgIpc) is 3.28. The summed E-state index contributed by atoms with van der Waals surface area (Å²) in [5, 5.41) is 3.21. The maximum atomic E-state index is 13.5. The topological polar surface area (TPSA) is 58.4 Å². The van der Waals surface area contributed by atoms with Gasteiger partial charge in [-0.15, -0.1) is 0 Å². The number of hydrogen-bond acceptors (Lipinski definition) is 4. The van der Waals surface area contributed by atoms with Crippen molar-refractivity contribution >= 4 is 5.91 Å². The number of oxazole rings is 1. The van der Waals surface area contributed by atoms with Crippen LogP contribution in [0.15, 0.2) is 10.8 Å². The summed E-state index contributed by atoms with van der Waals surface area (Å²) >= 11 is 0. The first-order chi connectivity index (χ1) is 11.8. The molecule has 4 aliphatic rings. The Labute approximate surface area is 143 Å². The number of hydrogen-bond donors (Lipinski definition) is 1. The number of fused-ring (bicyclic) bond motifs is 5. The van der Waals surface area contributed by atoms with Crippen LogP contribution < -0.4 is 5.32 Å². The molecule has 1 aromatic heterocycles. The summed E-state index contributed by atoms with van der Waals surface area (Å²) in [6.45, 7) is 0. The SMILES string of the molecule is CNC1C(=O)N(C2CC3CCC(C3)C2)C2CCCC2c2ncoc21. The molecule has 3 aliphatic carbocycles. The third-order valence-electron chi connectivity index (χ3n) is 7.12. The van der Waals surface area contributed by atoms with Crippen LogP contribution in [0.3, 0.4) is 0 Å². The minimum Gasteiger partial charge on any atom is -0.446 e. The van der Waals surface area contributed by atoms with Crippen LogP contribution in [-0.2, 0) is 4.79 Å². The smallest absolute Gasteiger partial charge is 0.248 e. The van der Waals surface area contributed by atoms with Gasteiger partial charge >= 0.3 is 0 Å². The Morgan fingerprint density at radius 3 is 2.71 bits per heavy atom. The molecule has 5 rings (SSSR count). The Hall–Kier alpha value is -1.36. The van der Waals surface area contributed by atoms with E-state index in [0.717, 1.165) is 36.1 Å². The molecule has 0 radical (unpaired) electrons. The van der Waals surface area contributed by atoms with E-state index in [1.807, 2.05) is 7.05 Å². The van der Waals surface area contributed by atoms with Gasteiger partial charge in [0.1, 0.15) is 6.04 Å². The van der Waals surface area contributed by atoms with Gasteiger partial charge in [0.15, 0.2) is 12.2 Å². The molecule has 2 heterocycles. The number of nitrogens with one attached hydrogen (secondary N) is 1. The number of carbonyl (C=O) groups is 1. The van der Waals surface area contributed by atoms with Crippen molar-refractivity contribution in [1.29, 1.82) is 0 Å². The van der Waals surface area contributed by atoms with Crippen LogP contribution in [0.4, 0.5) is 0 Å². The van der Waals surface area contributed by atoms with Gasteiger partial charge in [-0.2, -0.15) is 0 Å². The van der Waals surface area contributed by atoms with Crippen molar-refractivity contribution in [2.75, 3.05) is 7.05 Å². The second-order valence-electron chi connectivity index (χ2n) is 8.34. The summed E-state index contributed by atoms with van der Waals surface area (Å²) in [6, 6.07) is 0.379. The first kappa shape index (κ1) is 14.9. The van der Waals surface area contributed by atoms with E-state index in [2.05, 4.69) is 15.2 Å². The first-order valence-corrected chi connectivity index (χ1v) is 9.69. The van der Waals surface area contributed by atoms with Crippen LogP contribution in [0.1, 0.15) is 74.8 Å². The lowest BCUT2D eigenvalue weighted by Gasteiger charge is -2.42. The van der Waals surface area contributed by atoms with Gasteiger partial charge in [-0.25, -0.2) is 4.98 Å². The standard InChI is InChI=1S/C19H27N3O2/c1-20-17-18-16(21-10-24-18)14-3-2-4-15(14)22(19(17)23)13-8-11-5-6-12(7-11)9-13/h10-15,17,20H,2-9H2,1H3. The largest absolute Gasteiger partial charge is 0.446 e. The van der Waals surface area contributed by atoms with Gasteiger partial charge in [0.2, 0.25) is 5.91 Å². The molecular weight excluding hydrogens is 302 g/mol. The molecule has 5 nitrogen and oxygen atoms in total. The minimum absolute atomic E-state index is 0.219. The van der Waals surface area contributed by atoms with E-state index in [-0.39, 0.29) is 11.9 Å². The Balaban J connectivity index is 1.54. The molecule has 24 heavy (non-hydrogen) atoms. The zero-order valence-corrected chi connectivity index (χ0v) is 14.4. The van der Waals surface area contributed by atoms with Crippen LogP contribution in [0.25, 0.3) is 0 Å². The lowest BCUT2D eigenvalue weighted by Crippen LogP contribution is -2.51. The first-order valence-electron chi connectivity index (χ1n) is 9.69. The van der Waals surface area contributed by atoms with Gasteiger partial charge in [0, 0.05) is 18.0 Å². The molecule has 0 saturated heterocycles. The van der Waals surface area contributed by atoms with Crippen molar-refractivity contribution in [3.63, 3.8) is 0 Å². The molecule has 130 valence electrons. The van der Waals surface area contributed by atoms with Gasteiger partial charge in [-0.05, 0) is 51.0 Å². The second-order valence-corrected chi connectivity index (χ2v) is 8.34. The monoisotopic (exact) mass is 329 g/mol. The van der Waals surface area contributed by atoms with Gasteiger partial charge in [0.05, 0.1) is 5.69 Å². The fourth-order valence-electron chi connectivity index (χ4n) is 6.18. The zero-order chi connectivity index (χ0) is 16.3. The van der Waals surface area contributed by atoms with Crippen LogP contribution >= 0.6 is 0 Å². The molecule has 1 aliphatic heterocycles. The molecule has 5 heteroatoms. The summed E-state index contributed by atoms with van der Waals surface area (Å²) in [4.78, 5) is 20.3. The van der Waals surface area contributed by atoms with Crippen LogP contribution in [-0.4, -0.2) is 34.9 Å².